The summed E-state index contributed by atoms with van der Waals surface area (Å²) >= 11 is 5.91. The molecule has 0 atom stereocenters. The summed E-state index contributed by atoms with van der Waals surface area (Å²) in [5, 5.41) is 5.62. The number of nitrogens with one attached hydrogen (secondary N) is 2. The molecule has 0 radical (unpaired) electrons. The zero-order valence-corrected chi connectivity index (χ0v) is 15.1. The van der Waals surface area contributed by atoms with E-state index < -0.39 is 0 Å². The molecule has 0 spiro atoms. The van der Waals surface area contributed by atoms with Gasteiger partial charge >= 0.3 is 0 Å². The molecule has 2 aromatic carbocycles. The molecule has 2 N–H and O–H groups in total. The van der Waals surface area contributed by atoms with Crippen LogP contribution in [-0.4, -0.2) is 17.9 Å². The van der Waals surface area contributed by atoms with Gasteiger partial charge in [-0.25, -0.2) is 0 Å². The number of hydrogen-bond donors (Lipinski definition) is 2. The van der Waals surface area contributed by atoms with Crippen LogP contribution in [-0.2, 0) is 6.54 Å². The number of benzene rings is 2. The van der Waals surface area contributed by atoms with Crippen LogP contribution < -0.4 is 15.8 Å². The molecule has 0 unspecified atom stereocenters. The highest BCUT2D eigenvalue weighted by Crippen LogP contribution is 2.18. The van der Waals surface area contributed by atoms with Gasteiger partial charge < -0.3 is 5.32 Å². The standard InChI is InChI=1S/C20H19ClN4O/c1-25(17-8-6-16(21)7-9-17)24-20(26)18-4-2-3-5-19(18)23-14-15-10-12-22-13-11-15/h2-13,23H,14H2,1H3,(H,24,26). The smallest absolute Gasteiger partial charge is 0.271 e. The maximum absolute atomic E-state index is 12.7. The minimum Gasteiger partial charge on any atom is -0.380 e. The van der Waals surface area contributed by atoms with Gasteiger partial charge in [0.15, 0.2) is 0 Å². The van der Waals surface area contributed by atoms with Gasteiger partial charge in [-0.2, -0.15) is 0 Å². The maximum atomic E-state index is 12.7. The van der Waals surface area contributed by atoms with Crippen LogP contribution in [0.1, 0.15) is 15.9 Å². The lowest BCUT2D eigenvalue weighted by atomic mass is 10.1. The molecule has 132 valence electrons. The van der Waals surface area contributed by atoms with Gasteiger partial charge in [-0.15, -0.1) is 0 Å². The monoisotopic (exact) mass is 366 g/mol. The summed E-state index contributed by atoms with van der Waals surface area (Å²) in [6.07, 6.45) is 3.49. The van der Waals surface area contributed by atoms with Crippen molar-refractivity contribution in [1.29, 1.82) is 0 Å². The minimum absolute atomic E-state index is 0.194. The zero-order valence-electron chi connectivity index (χ0n) is 14.3. The van der Waals surface area contributed by atoms with E-state index >= 15 is 0 Å². The Morgan fingerprint density at radius 1 is 1.04 bits per heavy atom. The lowest BCUT2D eigenvalue weighted by Gasteiger charge is -2.21. The Bertz CT molecular complexity index is 868. The van der Waals surface area contributed by atoms with E-state index in [2.05, 4.69) is 15.7 Å². The van der Waals surface area contributed by atoms with E-state index in [-0.39, 0.29) is 5.91 Å². The van der Waals surface area contributed by atoms with Crippen molar-refractivity contribution in [1.82, 2.24) is 10.4 Å². The lowest BCUT2D eigenvalue weighted by Crippen LogP contribution is -2.39. The first-order valence-corrected chi connectivity index (χ1v) is 8.53. The van der Waals surface area contributed by atoms with Crippen LogP contribution in [0.25, 0.3) is 0 Å². The molecule has 0 aliphatic carbocycles. The Labute approximate surface area is 157 Å². The third-order valence-electron chi connectivity index (χ3n) is 3.89. The van der Waals surface area contributed by atoms with Crippen molar-refractivity contribution in [2.75, 3.05) is 17.4 Å². The van der Waals surface area contributed by atoms with Gasteiger partial charge in [-0.3, -0.25) is 20.2 Å². The third-order valence-corrected chi connectivity index (χ3v) is 4.14. The van der Waals surface area contributed by atoms with E-state index in [9.17, 15) is 4.79 Å². The molecule has 1 amide bonds. The molecule has 0 bridgehead atoms. The summed E-state index contributed by atoms with van der Waals surface area (Å²) in [6, 6.07) is 18.5. The van der Waals surface area contributed by atoms with Gasteiger partial charge in [0.05, 0.1) is 11.3 Å². The summed E-state index contributed by atoms with van der Waals surface area (Å²) in [6.45, 7) is 0.611. The first kappa shape index (κ1) is 17.8. The fourth-order valence-electron chi connectivity index (χ4n) is 2.47. The number of amides is 1. The van der Waals surface area contributed by atoms with Crippen LogP contribution in [0.15, 0.2) is 73.1 Å². The number of carbonyl (C=O) groups excluding carboxylic acids is 1. The first-order valence-electron chi connectivity index (χ1n) is 8.15. The van der Waals surface area contributed by atoms with E-state index in [0.29, 0.717) is 17.1 Å². The summed E-state index contributed by atoms with van der Waals surface area (Å²) in [7, 11) is 1.79. The molecule has 3 aromatic rings. The van der Waals surface area contributed by atoms with Gasteiger partial charge in [0.1, 0.15) is 0 Å². The second-order valence-corrected chi connectivity index (χ2v) is 6.17. The van der Waals surface area contributed by atoms with Crippen molar-refractivity contribution < 1.29 is 4.79 Å². The van der Waals surface area contributed by atoms with E-state index in [1.807, 2.05) is 42.5 Å². The predicted molar refractivity (Wildman–Crippen MR) is 105 cm³/mol. The van der Waals surface area contributed by atoms with Crippen molar-refractivity contribution in [3.05, 3.63) is 89.2 Å². The fraction of sp³-hybridized carbons (Fsp3) is 0.100. The number of aromatic nitrogens is 1. The SMILES string of the molecule is CN(NC(=O)c1ccccc1NCc1ccncc1)c1ccc(Cl)cc1. The molecule has 5 nitrogen and oxygen atoms in total. The topological polar surface area (TPSA) is 57.3 Å². The molecule has 3 rings (SSSR count). The van der Waals surface area contributed by atoms with Gasteiger partial charge in [-0.05, 0) is 54.1 Å². The molecule has 0 aliphatic heterocycles. The number of nitrogens with zero attached hydrogens (tertiary/aromatic N) is 2. The first-order chi connectivity index (χ1) is 12.6. The van der Waals surface area contributed by atoms with Crippen LogP contribution in [0.5, 0.6) is 0 Å². The normalized spacial score (nSPS) is 10.2. The van der Waals surface area contributed by atoms with Crippen molar-refractivity contribution in [3.63, 3.8) is 0 Å². The van der Waals surface area contributed by atoms with Crippen LogP contribution in [0, 0.1) is 0 Å². The largest absolute Gasteiger partial charge is 0.380 e. The van der Waals surface area contributed by atoms with E-state index in [1.165, 1.54) is 0 Å². The van der Waals surface area contributed by atoms with Crippen molar-refractivity contribution in [2.24, 2.45) is 0 Å². The Kier molecular flexibility index (Phi) is 5.71. The van der Waals surface area contributed by atoms with Crippen molar-refractivity contribution >= 4 is 28.9 Å². The van der Waals surface area contributed by atoms with Crippen LogP contribution in [0.2, 0.25) is 5.02 Å². The average molecular weight is 367 g/mol. The highest BCUT2D eigenvalue weighted by molar-refractivity contribution is 6.30. The number of anilines is 2. The predicted octanol–water partition coefficient (Wildman–Crippen LogP) is 4.13. The molecular weight excluding hydrogens is 348 g/mol. The summed E-state index contributed by atoms with van der Waals surface area (Å²) in [4.78, 5) is 16.7. The quantitative estimate of drug-likeness (QED) is 0.644. The molecule has 26 heavy (non-hydrogen) atoms. The van der Waals surface area contributed by atoms with E-state index in [1.54, 1.807) is 42.6 Å². The average Bonchev–Trinajstić information content (AvgIpc) is 2.68. The molecule has 0 saturated heterocycles. The molecule has 0 saturated carbocycles. The molecular formula is C20H19ClN4O. The van der Waals surface area contributed by atoms with Gasteiger partial charge in [-0.1, -0.05) is 23.7 Å². The Balaban J connectivity index is 1.70. The Morgan fingerprint density at radius 2 is 1.73 bits per heavy atom. The lowest BCUT2D eigenvalue weighted by molar-refractivity contribution is 0.0952. The summed E-state index contributed by atoms with van der Waals surface area (Å²) in [5.41, 5.74) is 6.14. The number of rotatable bonds is 6. The second kappa shape index (κ2) is 8.36. The number of para-hydroxylation sites is 1. The third kappa shape index (κ3) is 4.52. The molecule has 0 aliphatic rings. The molecule has 1 aromatic heterocycles. The number of carbonyl (C=O) groups is 1. The Hall–Kier alpha value is -3.05. The summed E-state index contributed by atoms with van der Waals surface area (Å²) in [5.74, 6) is -0.194. The van der Waals surface area contributed by atoms with E-state index in [0.717, 1.165) is 16.9 Å². The van der Waals surface area contributed by atoms with Crippen LogP contribution >= 0.6 is 11.6 Å². The minimum atomic E-state index is -0.194. The summed E-state index contributed by atoms with van der Waals surface area (Å²) < 4.78 is 0. The van der Waals surface area contributed by atoms with Crippen LogP contribution in [0.3, 0.4) is 0 Å². The van der Waals surface area contributed by atoms with Crippen LogP contribution in [0.4, 0.5) is 11.4 Å². The van der Waals surface area contributed by atoms with Gasteiger partial charge in [0.25, 0.3) is 5.91 Å². The maximum Gasteiger partial charge on any atom is 0.271 e. The van der Waals surface area contributed by atoms with E-state index in [4.69, 9.17) is 11.6 Å². The van der Waals surface area contributed by atoms with Gasteiger partial charge in [0.2, 0.25) is 0 Å². The number of hydrogen-bond acceptors (Lipinski definition) is 4. The Morgan fingerprint density at radius 3 is 2.46 bits per heavy atom. The molecule has 1 heterocycles. The van der Waals surface area contributed by atoms with Crippen molar-refractivity contribution in [3.8, 4) is 0 Å². The molecule has 0 fully saturated rings. The van der Waals surface area contributed by atoms with Gasteiger partial charge in [0, 0.05) is 36.7 Å². The fourth-order valence-corrected chi connectivity index (χ4v) is 2.60. The zero-order chi connectivity index (χ0) is 18.4. The molecule has 6 heteroatoms. The second-order valence-electron chi connectivity index (χ2n) is 5.73. The number of hydrazine groups is 1. The highest BCUT2D eigenvalue weighted by atomic mass is 35.5. The number of pyridine rings is 1. The van der Waals surface area contributed by atoms with Crippen molar-refractivity contribution in [2.45, 2.75) is 6.54 Å². The highest BCUT2D eigenvalue weighted by Gasteiger charge is 2.13. The number of halogens is 1.